The van der Waals surface area contributed by atoms with Gasteiger partial charge >= 0.3 is 0 Å². The molecular formula is C13H16N4O2S. The molecule has 2 aromatic heterocycles. The molecule has 0 aromatic carbocycles. The predicted octanol–water partition coefficient (Wildman–Crippen LogP) is 1.24. The molecule has 3 heterocycles. The van der Waals surface area contributed by atoms with Gasteiger partial charge in [-0.1, -0.05) is 11.3 Å². The lowest BCUT2D eigenvalue weighted by atomic mass is 10.0. The summed E-state index contributed by atoms with van der Waals surface area (Å²) in [6, 6.07) is 4.01. The number of anilines is 1. The molecule has 1 amide bonds. The molecule has 106 valence electrons. The van der Waals surface area contributed by atoms with Crippen LogP contribution in [0.2, 0.25) is 0 Å². The van der Waals surface area contributed by atoms with Crippen LogP contribution >= 0.6 is 11.3 Å². The maximum Gasteiger partial charge on any atom is 0.248 e. The summed E-state index contributed by atoms with van der Waals surface area (Å²) in [6.45, 7) is 1.59. The Balaban J connectivity index is 1.77. The van der Waals surface area contributed by atoms with Gasteiger partial charge in [-0.05, 0) is 18.6 Å². The first-order chi connectivity index (χ1) is 9.67. The van der Waals surface area contributed by atoms with Crippen LogP contribution in [0.15, 0.2) is 12.1 Å². The molecule has 0 aliphatic carbocycles. The lowest BCUT2D eigenvalue weighted by molar-refractivity contribution is -0.134. The number of nitrogens with two attached hydrogens (primary N) is 1. The summed E-state index contributed by atoms with van der Waals surface area (Å²) >= 11 is 1.44. The fourth-order valence-electron chi connectivity index (χ4n) is 2.52. The molecule has 20 heavy (non-hydrogen) atoms. The van der Waals surface area contributed by atoms with Crippen molar-refractivity contribution in [3.8, 4) is 0 Å². The summed E-state index contributed by atoms with van der Waals surface area (Å²) in [4.78, 5) is 22.4. The average molecular weight is 292 g/mol. The third kappa shape index (κ3) is 2.46. The van der Waals surface area contributed by atoms with Crippen LogP contribution in [-0.4, -0.2) is 47.6 Å². The number of amides is 1. The van der Waals surface area contributed by atoms with E-state index in [1.807, 2.05) is 17.0 Å². The Hall–Kier alpha value is -1.73. The van der Waals surface area contributed by atoms with E-state index in [9.17, 15) is 4.79 Å². The van der Waals surface area contributed by atoms with Crippen molar-refractivity contribution in [1.29, 1.82) is 0 Å². The van der Waals surface area contributed by atoms with Gasteiger partial charge in [0, 0.05) is 31.8 Å². The summed E-state index contributed by atoms with van der Waals surface area (Å²) in [5.74, 6) is 0.303. The van der Waals surface area contributed by atoms with Gasteiger partial charge in [0.25, 0.3) is 0 Å². The number of hydrogen-bond acceptors (Lipinski definition) is 6. The fourth-order valence-corrected chi connectivity index (χ4v) is 3.20. The highest BCUT2D eigenvalue weighted by molar-refractivity contribution is 7.21. The maximum atomic E-state index is 11.8. The van der Waals surface area contributed by atoms with Crippen LogP contribution in [-0.2, 0) is 9.53 Å². The molecule has 2 N–H and O–H groups in total. The number of pyridine rings is 1. The van der Waals surface area contributed by atoms with Gasteiger partial charge in [0.2, 0.25) is 5.91 Å². The lowest BCUT2D eigenvalue weighted by Gasteiger charge is -2.15. The monoisotopic (exact) mass is 292 g/mol. The number of likely N-dealkylation sites (tertiary alicyclic amines) is 1. The Morgan fingerprint density at radius 1 is 1.55 bits per heavy atom. The summed E-state index contributed by atoms with van der Waals surface area (Å²) in [5.41, 5.74) is 7.37. The zero-order valence-corrected chi connectivity index (χ0v) is 12.0. The molecule has 0 saturated carbocycles. The van der Waals surface area contributed by atoms with Crippen LogP contribution in [0.4, 0.5) is 5.13 Å². The number of nitrogens with zero attached hydrogens (tertiary/aromatic N) is 3. The third-order valence-electron chi connectivity index (χ3n) is 3.52. The molecule has 1 atom stereocenters. The van der Waals surface area contributed by atoms with Crippen molar-refractivity contribution < 1.29 is 9.53 Å². The molecular weight excluding hydrogens is 276 g/mol. The maximum absolute atomic E-state index is 11.8. The number of fused-ring (bicyclic) bond motifs is 1. The Kier molecular flexibility index (Phi) is 3.54. The van der Waals surface area contributed by atoms with E-state index in [0.29, 0.717) is 17.3 Å². The van der Waals surface area contributed by atoms with Gasteiger partial charge in [-0.25, -0.2) is 9.97 Å². The standard InChI is InChI=1S/C13H16N4O2S/c1-19-7-11(18)17-5-4-8(6-17)9-2-3-10-12(15-9)16-13(14)20-10/h2-3,8H,4-7H2,1H3,(H2,14,15,16). The van der Waals surface area contributed by atoms with E-state index in [-0.39, 0.29) is 18.4 Å². The first-order valence-corrected chi connectivity index (χ1v) is 7.28. The van der Waals surface area contributed by atoms with Gasteiger partial charge in [0.15, 0.2) is 10.8 Å². The van der Waals surface area contributed by atoms with Crippen LogP contribution in [0.1, 0.15) is 18.0 Å². The summed E-state index contributed by atoms with van der Waals surface area (Å²) in [7, 11) is 1.54. The van der Waals surface area contributed by atoms with Crippen molar-refractivity contribution in [1.82, 2.24) is 14.9 Å². The van der Waals surface area contributed by atoms with Gasteiger partial charge in [-0.2, -0.15) is 0 Å². The molecule has 6 nitrogen and oxygen atoms in total. The van der Waals surface area contributed by atoms with E-state index in [2.05, 4.69) is 9.97 Å². The molecule has 0 bridgehead atoms. The lowest BCUT2D eigenvalue weighted by Crippen LogP contribution is -2.31. The number of carbonyl (C=O) groups is 1. The quantitative estimate of drug-likeness (QED) is 0.920. The normalized spacial score (nSPS) is 18.9. The van der Waals surface area contributed by atoms with Crippen LogP contribution in [0.5, 0.6) is 0 Å². The van der Waals surface area contributed by atoms with Gasteiger partial charge in [0.05, 0.1) is 4.70 Å². The van der Waals surface area contributed by atoms with E-state index in [0.717, 1.165) is 23.4 Å². The first-order valence-electron chi connectivity index (χ1n) is 6.47. The SMILES string of the molecule is COCC(=O)N1CCC(c2ccc3sc(N)nc3n2)C1. The molecule has 1 aliphatic rings. The summed E-state index contributed by atoms with van der Waals surface area (Å²) in [6.07, 6.45) is 0.924. The Morgan fingerprint density at radius 2 is 2.40 bits per heavy atom. The number of ether oxygens (including phenoxy) is 1. The van der Waals surface area contributed by atoms with Gasteiger partial charge in [-0.3, -0.25) is 4.79 Å². The van der Waals surface area contributed by atoms with Crippen molar-refractivity contribution in [3.05, 3.63) is 17.8 Å². The minimum absolute atomic E-state index is 0.0361. The van der Waals surface area contributed by atoms with Gasteiger partial charge < -0.3 is 15.4 Å². The van der Waals surface area contributed by atoms with Crippen LogP contribution in [0, 0.1) is 0 Å². The van der Waals surface area contributed by atoms with Crippen molar-refractivity contribution in [2.24, 2.45) is 0 Å². The number of thiazole rings is 1. The molecule has 1 fully saturated rings. The highest BCUT2D eigenvalue weighted by Crippen LogP contribution is 2.29. The van der Waals surface area contributed by atoms with E-state index in [1.54, 1.807) is 0 Å². The topological polar surface area (TPSA) is 81.3 Å². The smallest absolute Gasteiger partial charge is 0.248 e. The second-order valence-corrected chi connectivity index (χ2v) is 5.93. The largest absolute Gasteiger partial charge is 0.375 e. The molecule has 2 aromatic rings. The van der Waals surface area contributed by atoms with E-state index in [1.165, 1.54) is 18.4 Å². The van der Waals surface area contributed by atoms with Crippen LogP contribution in [0.25, 0.3) is 10.3 Å². The van der Waals surface area contributed by atoms with Gasteiger partial charge in [-0.15, -0.1) is 0 Å². The van der Waals surface area contributed by atoms with Gasteiger partial charge in [0.1, 0.15) is 6.61 Å². The predicted molar refractivity (Wildman–Crippen MR) is 77.6 cm³/mol. The summed E-state index contributed by atoms with van der Waals surface area (Å²) in [5, 5.41) is 0.535. The van der Waals surface area contributed by atoms with Crippen molar-refractivity contribution in [3.63, 3.8) is 0 Å². The number of carbonyl (C=O) groups excluding carboxylic acids is 1. The number of rotatable bonds is 3. The Labute approximate surface area is 120 Å². The van der Waals surface area contributed by atoms with Crippen LogP contribution < -0.4 is 5.73 Å². The molecule has 0 radical (unpaired) electrons. The second-order valence-electron chi connectivity index (χ2n) is 4.87. The van der Waals surface area contributed by atoms with Crippen molar-refractivity contribution in [2.75, 3.05) is 32.5 Å². The minimum Gasteiger partial charge on any atom is -0.375 e. The third-order valence-corrected chi connectivity index (χ3v) is 4.36. The molecule has 1 aliphatic heterocycles. The highest BCUT2D eigenvalue weighted by atomic mass is 32.1. The summed E-state index contributed by atoms with van der Waals surface area (Å²) < 4.78 is 5.88. The van der Waals surface area contributed by atoms with E-state index >= 15 is 0 Å². The van der Waals surface area contributed by atoms with Crippen molar-refractivity contribution in [2.45, 2.75) is 12.3 Å². The number of hydrogen-bond donors (Lipinski definition) is 1. The van der Waals surface area contributed by atoms with Crippen LogP contribution in [0.3, 0.4) is 0 Å². The first kappa shape index (κ1) is 13.3. The minimum atomic E-state index is 0.0361. The van der Waals surface area contributed by atoms with E-state index < -0.39 is 0 Å². The number of aromatic nitrogens is 2. The Bertz CT molecular complexity index is 642. The van der Waals surface area contributed by atoms with Crippen molar-refractivity contribution >= 4 is 32.7 Å². The average Bonchev–Trinajstić information content (AvgIpc) is 3.02. The number of nitrogen functional groups attached to an aromatic ring is 1. The molecule has 1 unspecified atom stereocenters. The second kappa shape index (κ2) is 5.34. The Morgan fingerprint density at radius 3 is 3.20 bits per heavy atom. The molecule has 7 heteroatoms. The molecule has 0 spiro atoms. The zero-order valence-electron chi connectivity index (χ0n) is 11.2. The fraction of sp³-hybridized carbons (Fsp3) is 0.462. The zero-order chi connectivity index (χ0) is 14.1. The van der Waals surface area contributed by atoms with E-state index in [4.69, 9.17) is 10.5 Å². The highest BCUT2D eigenvalue weighted by Gasteiger charge is 2.28. The molecule has 1 saturated heterocycles. The number of methoxy groups -OCH3 is 1. The molecule has 3 rings (SSSR count).